The van der Waals surface area contributed by atoms with E-state index in [2.05, 4.69) is 15.9 Å². The van der Waals surface area contributed by atoms with Gasteiger partial charge >= 0.3 is 0 Å². The van der Waals surface area contributed by atoms with Gasteiger partial charge in [0.1, 0.15) is 11.5 Å². The van der Waals surface area contributed by atoms with Crippen LogP contribution in [0, 0.1) is 13.8 Å². The van der Waals surface area contributed by atoms with E-state index >= 15 is 0 Å². The molecule has 0 aliphatic rings. The number of ether oxygens (including phenoxy) is 1. The van der Waals surface area contributed by atoms with E-state index in [-0.39, 0.29) is 10.6 Å². The molecule has 0 fully saturated rings. The van der Waals surface area contributed by atoms with Crippen LogP contribution in [-0.4, -0.2) is 12.9 Å². The highest BCUT2D eigenvalue weighted by molar-refractivity contribution is 9.09. The second-order valence-electron chi connectivity index (χ2n) is 3.66. The van der Waals surface area contributed by atoms with Gasteiger partial charge in [-0.2, -0.15) is 0 Å². The zero-order valence-electron chi connectivity index (χ0n) is 9.43. The first kappa shape index (κ1) is 12.2. The van der Waals surface area contributed by atoms with Crippen LogP contribution in [0.5, 0.6) is 5.75 Å². The fourth-order valence-corrected chi connectivity index (χ4v) is 1.95. The van der Waals surface area contributed by atoms with Crippen LogP contribution in [-0.2, 0) is 4.79 Å². The quantitative estimate of drug-likeness (QED) is 0.788. The molecular weight excluding hydrogens is 256 g/mol. The third kappa shape index (κ3) is 2.59. The molecule has 2 nitrogen and oxygen atoms in total. The van der Waals surface area contributed by atoms with Crippen LogP contribution in [0.1, 0.15) is 28.4 Å². The lowest BCUT2D eigenvalue weighted by atomic mass is 10.0. The molecule has 0 aromatic heterocycles. The average Bonchev–Trinajstić information content (AvgIpc) is 2.15. The van der Waals surface area contributed by atoms with Gasteiger partial charge in [0, 0.05) is 0 Å². The van der Waals surface area contributed by atoms with E-state index in [0.717, 1.165) is 22.4 Å². The first-order chi connectivity index (χ1) is 6.97. The number of Topliss-reactive ketones (excluding diaryl/α,β-unsaturated/α-hetero) is 1. The van der Waals surface area contributed by atoms with Crippen LogP contribution in [0.15, 0.2) is 12.1 Å². The maximum absolute atomic E-state index is 11.2. The molecule has 0 heterocycles. The number of rotatable bonds is 3. The summed E-state index contributed by atoms with van der Waals surface area (Å²) in [6.07, 6.45) is 0. The van der Waals surface area contributed by atoms with Gasteiger partial charge < -0.3 is 4.74 Å². The van der Waals surface area contributed by atoms with Gasteiger partial charge in [0.05, 0.1) is 11.9 Å². The van der Waals surface area contributed by atoms with Crippen molar-refractivity contribution in [3.05, 3.63) is 28.8 Å². The number of alkyl halides is 1. The maximum atomic E-state index is 11.2. The van der Waals surface area contributed by atoms with E-state index in [0.29, 0.717) is 0 Å². The lowest BCUT2D eigenvalue weighted by Gasteiger charge is -2.13. The van der Waals surface area contributed by atoms with Crippen LogP contribution < -0.4 is 4.74 Å². The highest BCUT2D eigenvalue weighted by Crippen LogP contribution is 2.31. The summed E-state index contributed by atoms with van der Waals surface area (Å²) in [4.78, 5) is 11.0. The molecule has 1 aromatic rings. The molecule has 82 valence electrons. The standard InChI is InChI=1S/C12H15BrO2/c1-7-5-10(11(13)9(3)14)6-8(2)12(7)15-4/h5-6,11H,1-4H3. The minimum absolute atomic E-state index is 0.110. The molecule has 0 spiro atoms. The van der Waals surface area contributed by atoms with Gasteiger partial charge in [0.15, 0.2) is 0 Å². The first-order valence-corrected chi connectivity index (χ1v) is 5.68. The Labute approximate surface area is 98.8 Å². The van der Waals surface area contributed by atoms with Gasteiger partial charge in [-0.05, 0) is 37.5 Å². The van der Waals surface area contributed by atoms with Crippen molar-refractivity contribution in [2.24, 2.45) is 0 Å². The summed E-state index contributed by atoms with van der Waals surface area (Å²) in [5, 5.41) is 0. The van der Waals surface area contributed by atoms with Gasteiger partial charge in [0.25, 0.3) is 0 Å². The summed E-state index contributed by atoms with van der Waals surface area (Å²) in [6.45, 7) is 5.54. The van der Waals surface area contributed by atoms with Crippen molar-refractivity contribution in [2.45, 2.75) is 25.6 Å². The highest BCUT2D eigenvalue weighted by Gasteiger charge is 2.15. The van der Waals surface area contributed by atoms with E-state index in [9.17, 15) is 4.79 Å². The molecule has 0 amide bonds. The Morgan fingerprint density at radius 3 is 2.13 bits per heavy atom. The monoisotopic (exact) mass is 270 g/mol. The van der Waals surface area contributed by atoms with Crippen LogP contribution >= 0.6 is 15.9 Å². The summed E-state index contributed by atoms with van der Waals surface area (Å²) in [7, 11) is 1.66. The minimum atomic E-state index is -0.221. The van der Waals surface area contributed by atoms with Gasteiger partial charge in [0.2, 0.25) is 0 Å². The van der Waals surface area contributed by atoms with Crippen molar-refractivity contribution in [1.29, 1.82) is 0 Å². The Balaban J connectivity index is 3.19. The van der Waals surface area contributed by atoms with Crippen LogP contribution in [0.3, 0.4) is 0 Å². The summed E-state index contributed by atoms with van der Waals surface area (Å²) < 4.78 is 5.27. The summed E-state index contributed by atoms with van der Waals surface area (Å²) >= 11 is 3.37. The van der Waals surface area contributed by atoms with Gasteiger partial charge in [-0.15, -0.1) is 0 Å². The lowest BCUT2D eigenvalue weighted by molar-refractivity contribution is -0.116. The van der Waals surface area contributed by atoms with Crippen LogP contribution in [0.4, 0.5) is 0 Å². The molecule has 0 bridgehead atoms. The second-order valence-corrected chi connectivity index (χ2v) is 4.58. The molecule has 0 radical (unpaired) electrons. The molecule has 15 heavy (non-hydrogen) atoms. The van der Waals surface area contributed by atoms with Gasteiger partial charge in [-0.1, -0.05) is 28.1 Å². The molecule has 3 heteroatoms. The second kappa shape index (κ2) is 4.79. The molecule has 0 aliphatic carbocycles. The van der Waals surface area contributed by atoms with Gasteiger partial charge in [-0.25, -0.2) is 0 Å². The Bertz CT molecular complexity index is 362. The average molecular weight is 271 g/mol. The third-order valence-electron chi connectivity index (χ3n) is 2.34. The fourth-order valence-electron chi connectivity index (χ4n) is 1.69. The van der Waals surface area contributed by atoms with E-state index in [4.69, 9.17) is 4.74 Å². The zero-order valence-corrected chi connectivity index (χ0v) is 11.0. The smallest absolute Gasteiger partial charge is 0.147 e. The number of benzene rings is 1. The normalized spacial score (nSPS) is 12.3. The topological polar surface area (TPSA) is 26.3 Å². The Hall–Kier alpha value is -0.830. The van der Waals surface area contributed by atoms with Crippen molar-refractivity contribution in [3.8, 4) is 5.75 Å². The summed E-state index contributed by atoms with van der Waals surface area (Å²) in [5.74, 6) is 1.00. The number of aryl methyl sites for hydroxylation is 2. The number of carbonyl (C=O) groups excluding carboxylic acids is 1. The predicted octanol–water partition coefficient (Wildman–Crippen LogP) is 3.34. The Morgan fingerprint density at radius 1 is 1.33 bits per heavy atom. The molecule has 0 aliphatic heterocycles. The number of hydrogen-bond donors (Lipinski definition) is 0. The molecule has 1 atom stereocenters. The van der Waals surface area contributed by atoms with Crippen molar-refractivity contribution >= 4 is 21.7 Å². The first-order valence-electron chi connectivity index (χ1n) is 4.77. The van der Waals surface area contributed by atoms with E-state index in [1.165, 1.54) is 0 Å². The summed E-state index contributed by atoms with van der Waals surface area (Å²) in [6, 6.07) is 3.96. The van der Waals surface area contributed by atoms with Gasteiger partial charge in [-0.3, -0.25) is 4.79 Å². The number of hydrogen-bond acceptors (Lipinski definition) is 2. The minimum Gasteiger partial charge on any atom is -0.496 e. The third-order valence-corrected chi connectivity index (χ3v) is 3.51. The van der Waals surface area contributed by atoms with E-state index in [1.54, 1.807) is 14.0 Å². The zero-order chi connectivity index (χ0) is 11.6. The SMILES string of the molecule is COc1c(C)cc(C(Br)C(C)=O)cc1C. The Morgan fingerprint density at radius 2 is 1.80 bits per heavy atom. The molecule has 0 saturated carbocycles. The molecule has 1 unspecified atom stereocenters. The number of halogens is 1. The highest BCUT2D eigenvalue weighted by atomic mass is 79.9. The molecule has 0 saturated heterocycles. The van der Waals surface area contributed by atoms with Crippen molar-refractivity contribution < 1.29 is 9.53 Å². The molecular formula is C12H15BrO2. The van der Waals surface area contributed by atoms with Crippen molar-refractivity contribution in [2.75, 3.05) is 7.11 Å². The van der Waals surface area contributed by atoms with Crippen molar-refractivity contribution in [3.63, 3.8) is 0 Å². The Kier molecular flexibility index (Phi) is 3.91. The number of ketones is 1. The summed E-state index contributed by atoms with van der Waals surface area (Å²) in [5.41, 5.74) is 3.09. The molecule has 1 rings (SSSR count). The van der Waals surface area contributed by atoms with Crippen LogP contribution in [0.25, 0.3) is 0 Å². The fraction of sp³-hybridized carbons (Fsp3) is 0.417. The molecule has 0 N–H and O–H groups in total. The number of carbonyl (C=O) groups is 1. The largest absolute Gasteiger partial charge is 0.496 e. The predicted molar refractivity (Wildman–Crippen MR) is 64.8 cm³/mol. The van der Waals surface area contributed by atoms with E-state index in [1.807, 2.05) is 26.0 Å². The van der Waals surface area contributed by atoms with Crippen LogP contribution in [0.2, 0.25) is 0 Å². The molecule has 1 aromatic carbocycles. The lowest BCUT2D eigenvalue weighted by Crippen LogP contribution is -2.03. The van der Waals surface area contributed by atoms with Crippen molar-refractivity contribution in [1.82, 2.24) is 0 Å². The van der Waals surface area contributed by atoms with E-state index < -0.39 is 0 Å². The maximum Gasteiger partial charge on any atom is 0.147 e. The number of methoxy groups -OCH3 is 1.